The second-order valence-corrected chi connectivity index (χ2v) is 6.56. The van der Waals surface area contributed by atoms with Crippen molar-refractivity contribution in [2.75, 3.05) is 6.61 Å². The molecule has 0 aromatic rings. The molecule has 1 unspecified atom stereocenters. The highest BCUT2D eigenvalue weighted by atomic mass is 16.5. The Labute approximate surface area is 139 Å². The van der Waals surface area contributed by atoms with E-state index >= 15 is 0 Å². The first-order chi connectivity index (χ1) is 10.8. The highest BCUT2D eigenvalue weighted by Crippen LogP contribution is 2.19. The van der Waals surface area contributed by atoms with E-state index in [-0.39, 0.29) is 11.9 Å². The van der Waals surface area contributed by atoms with Gasteiger partial charge in [0.15, 0.2) is 0 Å². The molecule has 0 amide bonds. The molecular formula is C20H40O2. The van der Waals surface area contributed by atoms with Gasteiger partial charge in [-0.1, -0.05) is 90.9 Å². The molecule has 2 heteroatoms. The van der Waals surface area contributed by atoms with Gasteiger partial charge in [-0.15, -0.1) is 0 Å². The average Bonchev–Trinajstić information content (AvgIpc) is 2.52. The lowest BCUT2D eigenvalue weighted by molar-refractivity contribution is -0.148. The van der Waals surface area contributed by atoms with Crippen molar-refractivity contribution in [2.24, 2.45) is 5.92 Å². The standard InChI is InChI=1S/C20H40O2/c1-4-7-9-10-11-12-13-14-15-16-18-19(17-8-5-2)20(21)22-6-3/h19H,4-18H2,1-3H3. The van der Waals surface area contributed by atoms with E-state index in [9.17, 15) is 4.79 Å². The zero-order chi connectivity index (χ0) is 16.5. The fourth-order valence-electron chi connectivity index (χ4n) is 2.97. The molecule has 0 spiro atoms. The minimum Gasteiger partial charge on any atom is -0.466 e. The van der Waals surface area contributed by atoms with Crippen molar-refractivity contribution < 1.29 is 9.53 Å². The SMILES string of the molecule is CCCCCCCCCCCCC(CCCC)C(=O)OCC. The molecule has 1 atom stereocenters. The van der Waals surface area contributed by atoms with Crippen LogP contribution in [0.15, 0.2) is 0 Å². The summed E-state index contributed by atoms with van der Waals surface area (Å²) < 4.78 is 5.20. The summed E-state index contributed by atoms with van der Waals surface area (Å²) >= 11 is 0. The minimum atomic E-state index is 0.0341. The van der Waals surface area contributed by atoms with E-state index in [1.165, 1.54) is 64.2 Å². The molecule has 0 aliphatic rings. The van der Waals surface area contributed by atoms with Crippen LogP contribution in [0.3, 0.4) is 0 Å². The third-order valence-electron chi connectivity index (χ3n) is 4.43. The van der Waals surface area contributed by atoms with Crippen molar-refractivity contribution >= 4 is 5.97 Å². The molecule has 0 rings (SSSR count). The molecule has 0 N–H and O–H groups in total. The third-order valence-corrected chi connectivity index (χ3v) is 4.43. The van der Waals surface area contributed by atoms with Gasteiger partial charge in [-0.05, 0) is 19.8 Å². The number of ether oxygens (including phenoxy) is 1. The highest BCUT2D eigenvalue weighted by Gasteiger charge is 2.18. The molecule has 22 heavy (non-hydrogen) atoms. The first-order valence-electron chi connectivity index (χ1n) is 9.92. The lowest BCUT2D eigenvalue weighted by Gasteiger charge is -2.15. The molecular weight excluding hydrogens is 272 g/mol. The van der Waals surface area contributed by atoms with Crippen LogP contribution in [0.2, 0.25) is 0 Å². The van der Waals surface area contributed by atoms with Crippen LogP contribution in [0.4, 0.5) is 0 Å². The molecule has 0 aromatic heterocycles. The van der Waals surface area contributed by atoms with Gasteiger partial charge in [-0.3, -0.25) is 4.79 Å². The lowest BCUT2D eigenvalue weighted by Crippen LogP contribution is -2.17. The van der Waals surface area contributed by atoms with Crippen LogP contribution in [0.1, 0.15) is 111 Å². The summed E-state index contributed by atoms with van der Waals surface area (Å²) in [7, 11) is 0. The van der Waals surface area contributed by atoms with Crippen molar-refractivity contribution in [2.45, 2.75) is 111 Å². The van der Waals surface area contributed by atoms with Crippen molar-refractivity contribution in [3.63, 3.8) is 0 Å². The Morgan fingerprint density at radius 2 is 1.14 bits per heavy atom. The quantitative estimate of drug-likeness (QED) is 0.235. The van der Waals surface area contributed by atoms with E-state index in [0.29, 0.717) is 6.61 Å². The number of hydrogen-bond acceptors (Lipinski definition) is 2. The van der Waals surface area contributed by atoms with E-state index in [0.717, 1.165) is 25.7 Å². The topological polar surface area (TPSA) is 26.3 Å². The monoisotopic (exact) mass is 312 g/mol. The smallest absolute Gasteiger partial charge is 0.308 e. The lowest BCUT2D eigenvalue weighted by atomic mass is 9.95. The fraction of sp³-hybridized carbons (Fsp3) is 0.950. The number of esters is 1. The van der Waals surface area contributed by atoms with E-state index in [2.05, 4.69) is 13.8 Å². The van der Waals surface area contributed by atoms with Crippen LogP contribution in [-0.4, -0.2) is 12.6 Å². The van der Waals surface area contributed by atoms with Crippen LogP contribution < -0.4 is 0 Å². The number of carbonyl (C=O) groups is 1. The molecule has 0 radical (unpaired) electrons. The Hall–Kier alpha value is -0.530. The minimum absolute atomic E-state index is 0.0341. The predicted molar refractivity (Wildman–Crippen MR) is 96.1 cm³/mol. The molecule has 0 heterocycles. The molecule has 0 aliphatic carbocycles. The van der Waals surface area contributed by atoms with Crippen LogP contribution >= 0.6 is 0 Å². The van der Waals surface area contributed by atoms with Gasteiger partial charge < -0.3 is 4.74 Å². The second-order valence-electron chi connectivity index (χ2n) is 6.56. The molecule has 132 valence electrons. The largest absolute Gasteiger partial charge is 0.466 e. The average molecular weight is 313 g/mol. The maximum absolute atomic E-state index is 11.9. The molecule has 0 saturated heterocycles. The second kappa shape index (κ2) is 16.8. The van der Waals surface area contributed by atoms with Gasteiger partial charge in [0.1, 0.15) is 0 Å². The van der Waals surface area contributed by atoms with Crippen molar-refractivity contribution in [1.82, 2.24) is 0 Å². The molecule has 0 aliphatic heterocycles. The molecule has 0 aromatic carbocycles. The summed E-state index contributed by atoms with van der Waals surface area (Å²) in [4.78, 5) is 11.9. The molecule has 0 fully saturated rings. The number of hydrogen-bond donors (Lipinski definition) is 0. The van der Waals surface area contributed by atoms with Gasteiger partial charge >= 0.3 is 5.97 Å². The predicted octanol–water partition coefficient (Wildman–Crippen LogP) is 6.67. The van der Waals surface area contributed by atoms with Crippen molar-refractivity contribution in [3.8, 4) is 0 Å². The van der Waals surface area contributed by atoms with Gasteiger partial charge in [-0.2, -0.15) is 0 Å². The van der Waals surface area contributed by atoms with Gasteiger partial charge in [0.05, 0.1) is 12.5 Å². The molecule has 0 saturated carbocycles. The Bertz CT molecular complexity index is 238. The maximum atomic E-state index is 11.9. The number of carbonyl (C=O) groups excluding carboxylic acids is 1. The molecule has 2 nitrogen and oxygen atoms in total. The Morgan fingerprint density at radius 3 is 1.64 bits per heavy atom. The zero-order valence-electron chi connectivity index (χ0n) is 15.5. The van der Waals surface area contributed by atoms with Crippen molar-refractivity contribution in [3.05, 3.63) is 0 Å². The first-order valence-corrected chi connectivity index (χ1v) is 9.92. The summed E-state index contributed by atoms with van der Waals surface area (Å²) in [6.45, 7) is 6.86. The van der Waals surface area contributed by atoms with Crippen LogP contribution in [0, 0.1) is 5.92 Å². The van der Waals surface area contributed by atoms with Crippen LogP contribution in [0.25, 0.3) is 0 Å². The van der Waals surface area contributed by atoms with Gasteiger partial charge in [0.2, 0.25) is 0 Å². The Kier molecular flexibility index (Phi) is 16.4. The number of rotatable bonds is 16. The fourth-order valence-corrected chi connectivity index (χ4v) is 2.97. The van der Waals surface area contributed by atoms with Crippen LogP contribution in [0.5, 0.6) is 0 Å². The third kappa shape index (κ3) is 13.2. The highest BCUT2D eigenvalue weighted by molar-refractivity contribution is 5.72. The normalized spacial score (nSPS) is 12.3. The summed E-state index contributed by atoms with van der Waals surface area (Å²) in [5.74, 6) is 0.181. The van der Waals surface area contributed by atoms with E-state index in [1.54, 1.807) is 0 Å². The number of unbranched alkanes of at least 4 members (excludes halogenated alkanes) is 10. The first kappa shape index (κ1) is 21.5. The van der Waals surface area contributed by atoms with E-state index in [1.807, 2.05) is 6.92 Å². The van der Waals surface area contributed by atoms with E-state index in [4.69, 9.17) is 4.74 Å². The Morgan fingerprint density at radius 1 is 0.682 bits per heavy atom. The molecule has 0 bridgehead atoms. The summed E-state index contributed by atoms with van der Waals surface area (Å²) in [5, 5.41) is 0. The Balaban J connectivity index is 3.56. The van der Waals surface area contributed by atoms with Crippen molar-refractivity contribution in [1.29, 1.82) is 0 Å². The summed E-state index contributed by atoms with van der Waals surface area (Å²) in [6.07, 6.45) is 17.8. The summed E-state index contributed by atoms with van der Waals surface area (Å²) in [6, 6.07) is 0. The van der Waals surface area contributed by atoms with Crippen LogP contribution in [-0.2, 0) is 9.53 Å². The van der Waals surface area contributed by atoms with Gasteiger partial charge in [-0.25, -0.2) is 0 Å². The maximum Gasteiger partial charge on any atom is 0.308 e. The van der Waals surface area contributed by atoms with Gasteiger partial charge in [0.25, 0.3) is 0 Å². The van der Waals surface area contributed by atoms with E-state index < -0.39 is 0 Å². The summed E-state index contributed by atoms with van der Waals surface area (Å²) in [5.41, 5.74) is 0. The van der Waals surface area contributed by atoms with Gasteiger partial charge in [0, 0.05) is 0 Å². The zero-order valence-corrected chi connectivity index (χ0v) is 15.5.